The van der Waals surface area contributed by atoms with Gasteiger partial charge >= 0.3 is 5.97 Å². The molecule has 0 fully saturated rings. The molecule has 1 atom stereocenters. The fourth-order valence-corrected chi connectivity index (χ4v) is 1.48. The van der Waals surface area contributed by atoms with Crippen molar-refractivity contribution in [2.24, 2.45) is 5.73 Å². The molecule has 0 aliphatic carbocycles. The Morgan fingerprint density at radius 3 is 2.44 bits per heavy atom. The molecular weight excluding hydrogens is 236 g/mol. The highest BCUT2D eigenvalue weighted by atomic mass is 16.5. The van der Waals surface area contributed by atoms with Crippen LogP contribution in [0.25, 0.3) is 0 Å². The Balaban J connectivity index is 2.96. The van der Waals surface area contributed by atoms with Gasteiger partial charge in [-0.05, 0) is 37.1 Å². The number of benzene rings is 1. The smallest absolute Gasteiger partial charge is 0.330 e. The van der Waals surface area contributed by atoms with E-state index >= 15 is 0 Å². The highest BCUT2D eigenvalue weighted by molar-refractivity contribution is 6.07. The summed E-state index contributed by atoms with van der Waals surface area (Å²) in [6.45, 7) is 3.65. The van der Waals surface area contributed by atoms with E-state index in [9.17, 15) is 9.59 Å². The van der Waals surface area contributed by atoms with E-state index in [4.69, 9.17) is 15.6 Å². The monoisotopic (exact) mass is 252 g/mol. The zero-order valence-corrected chi connectivity index (χ0v) is 10.5. The minimum absolute atomic E-state index is 0.523. The van der Waals surface area contributed by atoms with Gasteiger partial charge in [0.25, 0.3) is 5.91 Å². The predicted molar refractivity (Wildman–Crippen MR) is 66.7 cm³/mol. The van der Waals surface area contributed by atoms with Gasteiger partial charge in [0.1, 0.15) is 5.75 Å². The summed E-state index contributed by atoms with van der Waals surface area (Å²) in [5, 5.41) is 11.1. The first-order valence-corrected chi connectivity index (χ1v) is 5.32. The molecular formula is C12H16N2O4. The first-order valence-electron chi connectivity index (χ1n) is 5.32. The number of aliphatic carboxylic acids is 1. The van der Waals surface area contributed by atoms with Crippen molar-refractivity contribution in [1.82, 2.24) is 0 Å². The third-order valence-electron chi connectivity index (χ3n) is 2.76. The summed E-state index contributed by atoms with van der Waals surface area (Å²) in [6, 6.07) is 1.77. The molecule has 0 bridgehead atoms. The average molecular weight is 252 g/mol. The van der Waals surface area contributed by atoms with Crippen LogP contribution in [0.4, 0.5) is 5.69 Å². The molecule has 4 N–H and O–H groups in total. The van der Waals surface area contributed by atoms with Gasteiger partial charge in [0.05, 0.1) is 7.11 Å². The number of rotatable bonds is 4. The van der Waals surface area contributed by atoms with Crippen molar-refractivity contribution < 1.29 is 19.4 Å². The van der Waals surface area contributed by atoms with Crippen LogP contribution < -0.4 is 15.8 Å². The number of nitrogens with one attached hydrogen (secondary N) is 1. The van der Waals surface area contributed by atoms with Crippen molar-refractivity contribution >= 4 is 17.6 Å². The zero-order valence-electron chi connectivity index (χ0n) is 10.5. The minimum Gasteiger partial charge on any atom is -0.496 e. The van der Waals surface area contributed by atoms with Crippen molar-refractivity contribution in [1.29, 1.82) is 0 Å². The molecule has 1 aromatic carbocycles. The molecule has 1 rings (SSSR count). The van der Waals surface area contributed by atoms with Crippen LogP contribution in [-0.4, -0.2) is 30.1 Å². The maximum Gasteiger partial charge on any atom is 0.330 e. The number of ether oxygens (including phenoxy) is 1. The van der Waals surface area contributed by atoms with Gasteiger partial charge < -0.3 is 20.9 Å². The van der Waals surface area contributed by atoms with E-state index in [2.05, 4.69) is 5.32 Å². The van der Waals surface area contributed by atoms with Crippen LogP contribution in [0, 0.1) is 13.8 Å². The fourth-order valence-electron chi connectivity index (χ4n) is 1.48. The quantitative estimate of drug-likeness (QED) is 0.683. The molecule has 0 saturated heterocycles. The summed E-state index contributed by atoms with van der Waals surface area (Å²) in [4.78, 5) is 22.1. The number of carbonyl (C=O) groups excluding carboxylic acids is 1. The Morgan fingerprint density at radius 1 is 1.33 bits per heavy atom. The summed E-state index contributed by atoms with van der Waals surface area (Å²) in [7, 11) is 1.56. The van der Waals surface area contributed by atoms with Gasteiger partial charge in [-0.2, -0.15) is 0 Å². The first-order chi connectivity index (χ1) is 8.38. The Hall–Kier alpha value is -2.08. The molecule has 1 aromatic rings. The lowest BCUT2D eigenvalue weighted by molar-refractivity contribution is -0.141. The van der Waals surface area contributed by atoms with Crippen molar-refractivity contribution in [3.8, 4) is 5.75 Å². The number of hydrogen-bond donors (Lipinski definition) is 3. The lowest BCUT2D eigenvalue weighted by atomic mass is 10.1. The van der Waals surface area contributed by atoms with Gasteiger partial charge in [0.15, 0.2) is 6.04 Å². The molecule has 18 heavy (non-hydrogen) atoms. The third-order valence-corrected chi connectivity index (χ3v) is 2.76. The summed E-state index contributed by atoms with van der Waals surface area (Å²) in [5.74, 6) is -1.42. The molecule has 98 valence electrons. The standard InChI is InChI=1S/C12H16N2O4/c1-6-7(2)9(18-3)5-4-8(6)14-11(15)10(13)12(16)17/h4-5,10H,13H2,1-3H3,(H,14,15)(H,16,17). The van der Waals surface area contributed by atoms with Gasteiger partial charge in [-0.15, -0.1) is 0 Å². The van der Waals surface area contributed by atoms with Crippen LogP contribution in [0.15, 0.2) is 12.1 Å². The van der Waals surface area contributed by atoms with Crippen LogP contribution in [0.2, 0.25) is 0 Å². The lowest BCUT2D eigenvalue weighted by Gasteiger charge is -2.14. The zero-order chi connectivity index (χ0) is 13.9. The Bertz CT molecular complexity index is 485. The molecule has 1 unspecified atom stereocenters. The molecule has 6 heteroatoms. The predicted octanol–water partition coefficient (Wildman–Crippen LogP) is 0.662. The van der Waals surface area contributed by atoms with Crippen molar-refractivity contribution in [3.63, 3.8) is 0 Å². The molecule has 0 heterocycles. The molecule has 0 aliphatic heterocycles. The summed E-state index contributed by atoms with van der Waals surface area (Å²) in [6.07, 6.45) is 0. The van der Waals surface area contributed by atoms with Crippen molar-refractivity contribution in [2.45, 2.75) is 19.9 Å². The van der Waals surface area contributed by atoms with E-state index in [1.165, 1.54) is 0 Å². The summed E-state index contributed by atoms with van der Waals surface area (Å²) < 4.78 is 5.14. The van der Waals surface area contributed by atoms with Gasteiger partial charge in [0, 0.05) is 5.69 Å². The molecule has 1 amide bonds. The summed E-state index contributed by atoms with van der Waals surface area (Å²) >= 11 is 0. The number of amides is 1. The van der Waals surface area contributed by atoms with E-state index in [0.29, 0.717) is 11.4 Å². The SMILES string of the molecule is COc1ccc(NC(=O)C(N)C(=O)O)c(C)c1C. The number of carboxylic acids is 1. The van der Waals surface area contributed by atoms with E-state index in [-0.39, 0.29) is 0 Å². The van der Waals surface area contributed by atoms with Crippen molar-refractivity contribution in [2.75, 3.05) is 12.4 Å². The lowest BCUT2D eigenvalue weighted by Crippen LogP contribution is -2.42. The van der Waals surface area contributed by atoms with Crippen LogP contribution in [-0.2, 0) is 9.59 Å². The minimum atomic E-state index is -1.58. The van der Waals surface area contributed by atoms with Gasteiger partial charge in [-0.25, -0.2) is 4.79 Å². The molecule has 6 nitrogen and oxygen atoms in total. The van der Waals surface area contributed by atoms with Gasteiger partial charge in [-0.1, -0.05) is 0 Å². The van der Waals surface area contributed by atoms with E-state index in [0.717, 1.165) is 11.1 Å². The average Bonchev–Trinajstić information content (AvgIpc) is 2.34. The number of methoxy groups -OCH3 is 1. The van der Waals surface area contributed by atoms with Crippen LogP contribution >= 0.6 is 0 Å². The summed E-state index contributed by atoms with van der Waals surface area (Å²) in [5.41, 5.74) is 7.42. The van der Waals surface area contributed by atoms with Gasteiger partial charge in [0.2, 0.25) is 0 Å². The fraction of sp³-hybridized carbons (Fsp3) is 0.333. The van der Waals surface area contributed by atoms with Crippen molar-refractivity contribution in [3.05, 3.63) is 23.3 Å². The van der Waals surface area contributed by atoms with E-state index in [1.54, 1.807) is 26.2 Å². The highest BCUT2D eigenvalue weighted by Crippen LogP contribution is 2.27. The third kappa shape index (κ3) is 2.78. The number of anilines is 1. The second kappa shape index (κ2) is 5.50. The van der Waals surface area contributed by atoms with Crippen LogP contribution in [0.1, 0.15) is 11.1 Å². The number of nitrogens with two attached hydrogens (primary N) is 1. The van der Waals surface area contributed by atoms with Crippen LogP contribution in [0.3, 0.4) is 0 Å². The Kier molecular flexibility index (Phi) is 4.28. The molecule has 0 saturated carbocycles. The molecule has 0 aliphatic rings. The highest BCUT2D eigenvalue weighted by Gasteiger charge is 2.22. The van der Waals surface area contributed by atoms with E-state index < -0.39 is 17.9 Å². The normalized spacial score (nSPS) is 11.8. The number of carboxylic acid groups (broad SMARTS) is 1. The molecule has 0 radical (unpaired) electrons. The topological polar surface area (TPSA) is 102 Å². The second-order valence-corrected chi connectivity index (χ2v) is 3.87. The molecule has 0 spiro atoms. The largest absolute Gasteiger partial charge is 0.496 e. The van der Waals surface area contributed by atoms with E-state index in [1.807, 2.05) is 6.92 Å². The Labute approximate surface area is 105 Å². The maximum absolute atomic E-state index is 11.5. The molecule has 0 aromatic heterocycles. The van der Waals surface area contributed by atoms with Gasteiger partial charge in [-0.3, -0.25) is 4.79 Å². The maximum atomic E-state index is 11.5. The number of carbonyl (C=O) groups is 2. The number of hydrogen-bond acceptors (Lipinski definition) is 4. The first kappa shape index (κ1) is 14.0. The van der Waals surface area contributed by atoms with Crippen LogP contribution in [0.5, 0.6) is 5.75 Å². The Morgan fingerprint density at radius 2 is 1.94 bits per heavy atom. The second-order valence-electron chi connectivity index (χ2n) is 3.87.